The van der Waals surface area contributed by atoms with Gasteiger partial charge in [-0.3, -0.25) is 9.59 Å². The molecular formula is C14H14ClNO3. The molecule has 0 fully saturated rings. The number of hydrogen-bond acceptors (Lipinski definition) is 2. The lowest BCUT2D eigenvalue weighted by molar-refractivity contribution is -0.144. The summed E-state index contributed by atoms with van der Waals surface area (Å²) in [5.74, 6) is -2.55. The first-order valence-electron chi connectivity index (χ1n) is 6.04. The van der Waals surface area contributed by atoms with Gasteiger partial charge in [0.05, 0.1) is 11.8 Å². The normalized spacial score (nSPS) is 21.9. The molecule has 2 atom stereocenters. The summed E-state index contributed by atoms with van der Waals surface area (Å²) in [6.45, 7) is 0. The van der Waals surface area contributed by atoms with Gasteiger partial charge in [0.25, 0.3) is 0 Å². The molecule has 1 aromatic carbocycles. The molecule has 0 unspecified atom stereocenters. The van der Waals surface area contributed by atoms with Crippen LogP contribution in [0.3, 0.4) is 0 Å². The highest BCUT2D eigenvalue weighted by Gasteiger charge is 2.33. The summed E-state index contributed by atoms with van der Waals surface area (Å²) in [5.41, 5.74) is 0.580. The summed E-state index contributed by atoms with van der Waals surface area (Å²) in [6, 6.07) is 6.79. The minimum Gasteiger partial charge on any atom is -0.481 e. The lowest BCUT2D eigenvalue weighted by Crippen LogP contribution is -2.34. The second kappa shape index (κ2) is 5.89. The van der Waals surface area contributed by atoms with Crippen molar-refractivity contribution in [3.8, 4) is 0 Å². The van der Waals surface area contributed by atoms with E-state index in [1.165, 1.54) is 0 Å². The van der Waals surface area contributed by atoms with E-state index in [2.05, 4.69) is 5.32 Å². The van der Waals surface area contributed by atoms with Gasteiger partial charge in [-0.2, -0.15) is 0 Å². The van der Waals surface area contributed by atoms with E-state index in [4.69, 9.17) is 16.7 Å². The molecule has 19 heavy (non-hydrogen) atoms. The van der Waals surface area contributed by atoms with Gasteiger partial charge >= 0.3 is 5.97 Å². The van der Waals surface area contributed by atoms with Gasteiger partial charge in [-0.1, -0.05) is 29.8 Å². The van der Waals surface area contributed by atoms with E-state index in [0.717, 1.165) is 6.42 Å². The van der Waals surface area contributed by atoms with E-state index in [-0.39, 0.29) is 5.91 Å². The van der Waals surface area contributed by atoms with Crippen LogP contribution in [0.1, 0.15) is 12.8 Å². The summed E-state index contributed by atoms with van der Waals surface area (Å²) in [4.78, 5) is 23.3. The highest BCUT2D eigenvalue weighted by atomic mass is 35.5. The molecule has 2 N–H and O–H groups in total. The molecule has 1 aliphatic carbocycles. The molecule has 0 aliphatic heterocycles. The SMILES string of the molecule is O=C(O)[C@@H]1C=CCC[C@H]1C(=O)Nc1cccc(Cl)c1. The molecular weight excluding hydrogens is 266 g/mol. The van der Waals surface area contributed by atoms with Gasteiger partial charge in [-0.15, -0.1) is 0 Å². The van der Waals surface area contributed by atoms with Crippen LogP contribution < -0.4 is 5.32 Å². The largest absolute Gasteiger partial charge is 0.481 e. The minimum absolute atomic E-state index is 0.279. The smallest absolute Gasteiger partial charge is 0.311 e. The van der Waals surface area contributed by atoms with E-state index >= 15 is 0 Å². The highest BCUT2D eigenvalue weighted by molar-refractivity contribution is 6.30. The quantitative estimate of drug-likeness (QED) is 0.836. The molecule has 1 aromatic rings. The average molecular weight is 280 g/mol. The molecule has 0 spiro atoms. The van der Waals surface area contributed by atoms with Crippen LogP contribution in [-0.4, -0.2) is 17.0 Å². The number of halogens is 1. The van der Waals surface area contributed by atoms with Gasteiger partial charge in [0, 0.05) is 10.7 Å². The highest BCUT2D eigenvalue weighted by Crippen LogP contribution is 2.27. The maximum Gasteiger partial charge on any atom is 0.311 e. The van der Waals surface area contributed by atoms with Crippen molar-refractivity contribution in [1.82, 2.24) is 0 Å². The number of carboxylic acid groups (broad SMARTS) is 1. The number of nitrogens with one attached hydrogen (secondary N) is 1. The Morgan fingerprint density at radius 2 is 2.16 bits per heavy atom. The topological polar surface area (TPSA) is 66.4 Å². The first-order valence-corrected chi connectivity index (χ1v) is 6.41. The minimum atomic E-state index is -0.970. The van der Waals surface area contributed by atoms with Crippen molar-refractivity contribution in [2.75, 3.05) is 5.32 Å². The van der Waals surface area contributed by atoms with Crippen LogP contribution in [-0.2, 0) is 9.59 Å². The number of allylic oxidation sites excluding steroid dienone is 1. The molecule has 0 radical (unpaired) electrons. The summed E-state index contributed by atoms with van der Waals surface area (Å²) in [7, 11) is 0. The van der Waals surface area contributed by atoms with Crippen molar-refractivity contribution >= 4 is 29.2 Å². The Morgan fingerprint density at radius 3 is 2.84 bits per heavy atom. The van der Waals surface area contributed by atoms with Gasteiger partial charge in [-0.25, -0.2) is 0 Å². The summed E-state index contributed by atoms with van der Waals surface area (Å²) >= 11 is 5.84. The number of amides is 1. The van der Waals surface area contributed by atoms with Gasteiger partial charge in [0.1, 0.15) is 0 Å². The number of anilines is 1. The lowest BCUT2D eigenvalue weighted by atomic mass is 9.83. The average Bonchev–Trinajstić information content (AvgIpc) is 2.38. The van der Waals surface area contributed by atoms with E-state index in [1.807, 2.05) is 6.08 Å². The van der Waals surface area contributed by atoms with Gasteiger partial charge in [-0.05, 0) is 31.0 Å². The van der Waals surface area contributed by atoms with Gasteiger partial charge in [0.2, 0.25) is 5.91 Å². The predicted octanol–water partition coefficient (Wildman–Crippen LogP) is 2.95. The number of carbonyl (C=O) groups excluding carboxylic acids is 1. The Morgan fingerprint density at radius 1 is 1.37 bits per heavy atom. The zero-order valence-corrected chi connectivity index (χ0v) is 10.9. The van der Waals surface area contributed by atoms with Crippen molar-refractivity contribution < 1.29 is 14.7 Å². The van der Waals surface area contributed by atoms with E-state index < -0.39 is 17.8 Å². The number of rotatable bonds is 3. The Kier molecular flexibility index (Phi) is 4.22. The molecule has 0 heterocycles. The third-order valence-corrected chi connectivity index (χ3v) is 3.37. The molecule has 0 aromatic heterocycles. The molecule has 5 heteroatoms. The van der Waals surface area contributed by atoms with E-state index in [1.54, 1.807) is 30.3 Å². The summed E-state index contributed by atoms with van der Waals surface area (Å²) < 4.78 is 0. The third kappa shape index (κ3) is 3.35. The maximum absolute atomic E-state index is 12.1. The second-order valence-electron chi connectivity index (χ2n) is 4.48. The fourth-order valence-corrected chi connectivity index (χ4v) is 2.37. The van der Waals surface area contributed by atoms with Crippen LogP contribution in [0.15, 0.2) is 36.4 Å². The standard InChI is InChI=1S/C14H14ClNO3/c15-9-4-3-5-10(8-9)16-13(17)11-6-1-2-7-12(11)14(18)19/h2-5,7-8,11-12H,1,6H2,(H,16,17)(H,18,19)/t11-,12-/m1/s1. The molecule has 0 saturated heterocycles. The number of aliphatic carboxylic acids is 1. The zero-order valence-electron chi connectivity index (χ0n) is 10.2. The molecule has 0 bridgehead atoms. The Hall–Kier alpha value is -1.81. The van der Waals surface area contributed by atoms with Crippen LogP contribution in [0.5, 0.6) is 0 Å². The second-order valence-corrected chi connectivity index (χ2v) is 4.91. The van der Waals surface area contributed by atoms with Crippen LogP contribution in [0.4, 0.5) is 5.69 Å². The zero-order chi connectivity index (χ0) is 13.8. The molecule has 2 rings (SSSR count). The predicted molar refractivity (Wildman–Crippen MR) is 73.1 cm³/mol. The van der Waals surface area contributed by atoms with Crippen LogP contribution in [0, 0.1) is 11.8 Å². The van der Waals surface area contributed by atoms with Crippen molar-refractivity contribution in [2.24, 2.45) is 11.8 Å². The monoisotopic (exact) mass is 279 g/mol. The molecule has 4 nitrogen and oxygen atoms in total. The fourth-order valence-electron chi connectivity index (χ4n) is 2.18. The number of carbonyl (C=O) groups is 2. The van der Waals surface area contributed by atoms with Gasteiger partial charge < -0.3 is 10.4 Å². The van der Waals surface area contributed by atoms with Gasteiger partial charge in [0.15, 0.2) is 0 Å². The van der Waals surface area contributed by atoms with Crippen molar-refractivity contribution in [2.45, 2.75) is 12.8 Å². The van der Waals surface area contributed by atoms with E-state index in [0.29, 0.717) is 17.1 Å². The van der Waals surface area contributed by atoms with Crippen LogP contribution in [0.25, 0.3) is 0 Å². The first-order chi connectivity index (χ1) is 9.08. The van der Waals surface area contributed by atoms with Crippen molar-refractivity contribution in [3.63, 3.8) is 0 Å². The summed E-state index contributed by atoms with van der Waals surface area (Å²) in [5, 5.41) is 12.4. The van der Waals surface area contributed by atoms with Crippen molar-refractivity contribution in [3.05, 3.63) is 41.4 Å². The molecule has 1 amide bonds. The fraction of sp³-hybridized carbons (Fsp3) is 0.286. The van der Waals surface area contributed by atoms with Crippen LogP contribution in [0.2, 0.25) is 5.02 Å². The number of benzene rings is 1. The van der Waals surface area contributed by atoms with E-state index in [9.17, 15) is 9.59 Å². The molecule has 1 aliphatic rings. The molecule has 100 valence electrons. The Balaban J connectivity index is 2.11. The summed E-state index contributed by atoms with van der Waals surface area (Å²) in [6.07, 6.45) is 4.66. The molecule has 0 saturated carbocycles. The maximum atomic E-state index is 12.1. The van der Waals surface area contributed by atoms with Crippen LogP contribution >= 0.6 is 11.6 Å². The third-order valence-electron chi connectivity index (χ3n) is 3.14. The Bertz CT molecular complexity index is 527. The first kappa shape index (κ1) is 13.6. The van der Waals surface area contributed by atoms with Crippen molar-refractivity contribution in [1.29, 1.82) is 0 Å². The lowest BCUT2D eigenvalue weighted by Gasteiger charge is -2.23. The number of carboxylic acids is 1. The Labute approximate surface area is 116 Å². The number of hydrogen-bond donors (Lipinski definition) is 2.